The summed E-state index contributed by atoms with van der Waals surface area (Å²) in [5.41, 5.74) is 2.35. The van der Waals surface area contributed by atoms with Gasteiger partial charge in [-0.15, -0.1) is 0 Å². The van der Waals surface area contributed by atoms with Gasteiger partial charge in [0.05, 0.1) is 18.2 Å². The molecule has 0 amide bonds. The Hall–Kier alpha value is -2.14. The molecule has 2 aromatic rings. The Morgan fingerprint density at radius 3 is 3.00 bits per heavy atom. The first-order chi connectivity index (χ1) is 12.6. The van der Waals surface area contributed by atoms with Gasteiger partial charge in [0.15, 0.2) is 5.96 Å². The van der Waals surface area contributed by atoms with Crippen LogP contribution in [0, 0.1) is 11.3 Å². The number of aliphatic imine (C=N–C) groups is 1. The molecule has 3 unspecified atom stereocenters. The van der Waals surface area contributed by atoms with Crippen LogP contribution in [0.25, 0.3) is 10.9 Å². The maximum Gasteiger partial charge on any atom is 0.191 e. The zero-order valence-electron chi connectivity index (χ0n) is 15.8. The van der Waals surface area contributed by atoms with E-state index < -0.39 is 0 Å². The van der Waals surface area contributed by atoms with E-state index in [0.29, 0.717) is 24.6 Å². The summed E-state index contributed by atoms with van der Waals surface area (Å²) in [7, 11) is 0. The minimum Gasteiger partial charge on any atom is -0.377 e. The van der Waals surface area contributed by atoms with E-state index in [1.165, 1.54) is 10.9 Å². The van der Waals surface area contributed by atoms with E-state index in [1.807, 2.05) is 18.3 Å². The van der Waals surface area contributed by atoms with Crippen molar-refractivity contribution in [3.63, 3.8) is 0 Å². The molecule has 138 valence electrons. The fourth-order valence-electron chi connectivity index (χ4n) is 4.54. The van der Waals surface area contributed by atoms with Crippen LogP contribution < -0.4 is 10.6 Å². The Morgan fingerprint density at radius 2 is 2.15 bits per heavy atom. The predicted molar refractivity (Wildman–Crippen MR) is 105 cm³/mol. The zero-order chi connectivity index (χ0) is 18.1. The molecule has 1 aliphatic carbocycles. The van der Waals surface area contributed by atoms with Gasteiger partial charge in [-0.25, -0.2) is 4.99 Å². The lowest BCUT2D eigenvalue weighted by Gasteiger charge is -2.54. The molecule has 4 rings (SSSR count). The van der Waals surface area contributed by atoms with E-state index >= 15 is 0 Å². The van der Waals surface area contributed by atoms with Crippen LogP contribution in [0.5, 0.6) is 0 Å². The zero-order valence-corrected chi connectivity index (χ0v) is 15.8. The maximum atomic E-state index is 5.91. The summed E-state index contributed by atoms with van der Waals surface area (Å²) in [4.78, 5) is 9.30. The molecule has 0 radical (unpaired) electrons. The average Bonchev–Trinajstić information content (AvgIpc) is 3.11. The fraction of sp³-hybridized carbons (Fsp3) is 0.524. The van der Waals surface area contributed by atoms with Gasteiger partial charge in [-0.05, 0) is 31.0 Å². The largest absolute Gasteiger partial charge is 0.377 e. The van der Waals surface area contributed by atoms with Gasteiger partial charge < -0.3 is 15.4 Å². The number of ether oxygens (including phenoxy) is 1. The Kier molecular flexibility index (Phi) is 4.57. The van der Waals surface area contributed by atoms with Crippen LogP contribution in [-0.4, -0.2) is 36.2 Å². The summed E-state index contributed by atoms with van der Waals surface area (Å²) in [5.74, 6) is 1.48. The van der Waals surface area contributed by atoms with E-state index in [2.05, 4.69) is 54.6 Å². The van der Waals surface area contributed by atoms with Crippen LogP contribution >= 0.6 is 0 Å². The summed E-state index contributed by atoms with van der Waals surface area (Å²) in [6.07, 6.45) is 3.38. The van der Waals surface area contributed by atoms with Crippen LogP contribution in [-0.2, 0) is 11.3 Å². The van der Waals surface area contributed by atoms with Crippen LogP contribution in [0.15, 0.2) is 41.5 Å². The molecule has 1 aromatic carbocycles. The molecule has 5 nitrogen and oxygen atoms in total. The smallest absolute Gasteiger partial charge is 0.191 e. The van der Waals surface area contributed by atoms with E-state index in [1.54, 1.807) is 0 Å². The van der Waals surface area contributed by atoms with Crippen LogP contribution in [0.4, 0.5) is 0 Å². The molecule has 3 atom stereocenters. The summed E-state index contributed by atoms with van der Waals surface area (Å²) < 4.78 is 5.91. The molecule has 2 N–H and O–H groups in total. The average molecular weight is 352 g/mol. The van der Waals surface area contributed by atoms with Crippen molar-refractivity contribution in [2.45, 2.75) is 45.9 Å². The highest BCUT2D eigenvalue weighted by atomic mass is 16.5. The molecule has 26 heavy (non-hydrogen) atoms. The van der Waals surface area contributed by atoms with E-state index in [-0.39, 0.29) is 5.41 Å². The van der Waals surface area contributed by atoms with Crippen molar-refractivity contribution in [1.29, 1.82) is 0 Å². The predicted octanol–water partition coefficient (Wildman–Crippen LogP) is 3.10. The van der Waals surface area contributed by atoms with Gasteiger partial charge >= 0.3 is 0 Å². The molecule has 1 aromatic heterocycles. The third-order valence-corrected chi connectivity index (χ3v) is 5.88. The number of guanidine groups is 1. The minimum absolute atomic E-state index is 0.140. The van der Waals surface area contributed by atoms with E-state index in [4.69, 9.17) is 9.73 Å². The van der Waals surface area contributed by atoms with Gasteiger partial charge in [0.25, 0.3) is 0 Å². The SMILES string of the molecule is CCNC(=NCc1ccnc2ccccc12)NC1C2CCOC2C1(C)C. The van der Waals surface area contributed by atoms with Gasteiger partial charge in [0.2, 0.25) is 0 Å². The highest BCUT2D eigenvalue weighted by Gasteiger charge is 2.59. The first-order valence-corrected chi connectivity index (χ1v) is 9.60. The fourth-order valence-corrected chi connectivity index (χ4v) is 4.54. The normalized spacial score (nSPS) is 27.0. The van der Waals surface area contributed by atoms with Crippen LogP contribution in [0.2, 0.25) is 0 Å². The summed E-state index contributed by atoms with van der Waals surface area (Å²) in [6, 6.07) is 10.7. The van der Waals surface area contributed by atoms with Crippen molar-refractivity contribution in [2.24, 2.45) is 16.3 Å². The number of para-hydroxylation sites is 1. The third-order valence-electron chi connectivity index (χ3n) is 5.88. The first-order valence-electron chi connectivity index (χ1n) is 9.60. The molecular weight excluding hydrogens is 324 g/mol. The molecule has 1 saturated heterocycles. The summed E-state index contributed by atoms with van der Waals surface area (Å²) >= 11 is 0. The van der Waals surface area contributed by atoms with Crippen molar-refractivity contribution < 1.29 is 4.74 Å². The van der Waals surface area contributed by atoms with Gasteiger partial charge in [0.1, 0.15) is 0 Å². The van der Waals surface area contributed by atoms with Gasteiger partial charge in [-0.1, -0.05) is 32.0 Å². The van der Waals surface area contributed by atoms with Crippen LogP contribution in [0.1, 0.15) is 32.8 Å². The number of hydrogen-bond donors (Lipinski definition) is 2. The molecule has 1 aliphatic heterocycles. The molecule has 1 saturated carbocycles. The van der Waals surface area contributed by atoms with Crippen LogP contribution in [0.3, 0.4) is 0 Å². The maximum absolute atomic E-state index is 5.91. The van der Waals surface area contributed by atoms with E-state index in [0.717, 1.165) is 31.0 Å². The monoisotopic (exact) mass is 352 g/mol. The first kappa shape index (κ1) is 17.3. The van der Waals surface area contributed by atoms with Crippen molar-refractivity contribution in [3.05, 3.63) is 42.1 Å². The highest BCUT2D eigenvalue weighted by molar-refractivity contribution is 5.83. The summed E-state index contributed by atoms with van der Waals surface area (Å²) in [6.45, 7) is 9.05. The number of nitrogens with zero attached hydrogens (tertiary/aromatic N) is 2. The number of fused-ring (bicyclic) bond motifs is 2. The molecule has 2 fully saturated rings. The second kappa shape index (κ2) is 6.88. The lowest BCUT2D eigenvalue weighted by atomic mass is 9.57. The topological polar surface area (TPSA) is 58.5 Å². The third kappa shape index (κ3) is 2.94. The van der Waals surface area contributed by atoms with Crippen molar-refractivity contribution in [3.8, 4) is 0 Å². The second-order valence-electron chi connectivity index (χ2n) is 7.87. The second-order valence-corrected chi connectivity index (χ2v) is 7.87. The quantitative estimate of drug-likeness (QED) is 0.656. The summed E-state index contributed by atoms with van der Waals surface area (Å²) in [5, 5.41) is 8.25. The van der Waals surface area contributed by atoms with Crippen molar-refractivity contribution in [2.75, 3.05) is 13.2 Å². The lowest BCUT2D eigenvalue weighted by Crippen LogP contribution is -2.67. The van der Waals surface area contributed by atoms with Crippen molar-refractivity contribution >= 4 is 16.9 Å². The van der Waals surface area contributed by atoms with Gasteiger partial charge in [-0.2, -0.15) is 0 Å². The number of rotatable bonds is 4. The van der Waals surface area contributed by atoms with E-state index in [9.17, 15) is 0 Å². The highest BCUT2D eigenvalue weighted by Crippen LogP contribution is 2.52. The van der Waals surface area contributed by atoms with Gasteiger partial charge in [0, 0.05) is 42.1 Å². The minimum atomic E-state index is 0.140. The molecule has 0 spiro atoms. The molecule has 0 bridgehead atoms. The standard InChI is InChI=1S/C21H28N4O/c1-4-22-20(25-18-16-10-12-26-19(16)21(18,2)3)24-13-14-9-11-23-17-8-6-5-7-15(14)17/h5-9,11,16,18-19H,4,10,12-13H2,1-3H3,(H2,22,24,25). The molecule has 2 heterocycles. The Labute approximate surface area is 155 Å². The number of nitrogens with one attached hydrogen (secondary N) is 2. The molecule has 5 heteroatoms. The number of aromatic nitrogens is 1. The number of hydrogen-bond acceptors (Lipinski definition) is 3. The Balaban J connectivity index is 1.53. The number of benzene rings is 1. The lowest BCUT2D eigenvalue weighted by molar-refractivity contribution is -0.106. The molecule has 2 aliphatic rings. The Morgan fingerprint density at radius 1 is 1.31 bits per heavy atom. The van der Waals surface area contributed by atoms with Gasteiger partial charge in [-0.3, -0.25) is 4.98 Å². The Bertz CT molecular complexity index is 811. The number of pyridine rings is 1. The molecular formula is C21H28N4O. The van der Waals surface area contributed by atoms with Crippen molar-refractivity contribution in [1.82, 2.24) is 15.6 Å².